The van der Waals surface area contributed by atoms with Gasteiger partial charge < -0.3 is 0 Å². The summed E-state index contributed by atoms with van der Waals surface area (Å²) in [6.07, 6.45) is 4.23. The Balaban J connectivity index is 4.99. The van der Waals surface area contributed by atoms with E-state index in [4.69, 9.17) is 0 Å². The van der Waals surface area contributed by atoms with Crippen molar-refractivity contribution in [2.24, 2.45) is 15.8 Å². The van der Waals surface area contributed by atoms with Crippen LogP contribution in [-0.2, 0) is 0 Å². The van der Waals surface area contributed by atoms with Crippen molar-refractivity contribution in [2.45, 2.75) is 48.5 Å². The average molecular weight is 207 g/mol. The molecule has 0 unspecified atom stereocenters. The van der Waals surface area contributed by atoms with E-state index in [2.05, 4.69) is 72.3 Å². The van der Waals surface area contributed by atoms with E-state index in [0.717, 1.165) is 5.70 Å². The van der Waals surface area contributed by atoms with Crippen molar-refractivity contribution in [1.29, 1.82) is 0 Å². The molecule has 0 aromatic carbocycles. The average Bonchev–Trinajstić information content (AvgIpc) is 2.00. The fourth-order valence-electron chi connectivity index (χ4n) is 0.994. The fraction of sp³-hybridized carbons (Fsp3) is 0.643. The van der Waals surface area contributed by atoms with E-state index < -0.39 is 0 Å². The third kappa shape index (κ3) is 4.96. The van der Waals surface area contributed by atoms with Gasteiger partial charge in [0.15, 0.2) is 0 Å². The number of allylic oxidation sites excluding steroid dienone is 4. The Bertz CT molecular complexity index is 279. The van der Waals surface area contributed by atoms with Crippen LogP contribution in [0.4, 0.5) is 0 Å². The Morgan fingerprint density at radius 3 is 1.67 bits per heavy atom. The normalized spacial score (nSPS) is 15.4. The van der Waals surface area contributed by atoms with Gasteiger partial charge in [-0.1, -0.05) is 53.2 Å². The molecule has 0 radical (unpaired) electrons. The molecule has 86 valence electrons. The van der Waals surface area contributed by atoms with Gasteiger partial charge in [0.25, 0.3) is 0 Å². The van der Waals surface area contributed by atoms with E-state index in [1.807, 2.05) is 0 Å². The predicted octanol–water partition coefficient (Wildman–Crippen LogP) is 4.61. The molecule has 0 aliphatic heterocycles. The zero-order valence-electron chi connectivity index (χ0n) is 11.3. The van der Waals surface area contributed by atoms with Crippen LogP contribution < -0.4 is 0 Å². The van der Waals surface area contributed by atoms with Crippen LogP contribution in [0.25, 0.3) is 0 Å². The molecule has 0 heterocycles. The second-order valence-electron chi connectivity index (χ2n) is 6.06. The van der Waals surface area contributed by atoms with Crippen molar-refractivity contribution >= 4 is 6.72 Å². The Hall–Kier alpha value is -0.850. The van der Waals surface area contributed by atoms with Gasteiger partial charge in [-0.3, -0.25) is 4.99 Å². The fourth-order valence-corrected chi connectivity index (χ4v) is 0.994. The van der Waals surface area contributed by atoms with E-state index >= 15 is 0 Å². The van der Waals surface area contributed by atoms with E-state index in [-0.39, 0.29) is 10.8 Å². The summed E-state index contributed by atoms with van der Waals surface area (Å²) in [7, 11) is 0. The third-order valence-electron chi connectivity index (χ3n) is 2.61. The molecule has 0 aliphatic carbocycles. The van der Waals surface area contributed by atoms with Gasteiger partial charge in [-0.05, 0) is 25.1 Å². The maximum Gasteiger partial charge on any atom is 0.0449 e. The molecule has 0 atom stereocenters. The second kappa shape index (κ2) is 4.78. The Labute approximate surface area is 95.0 Å². The standard InChI is InChI=1S/C14H25N/c1-11(13(2,3)4)9-10-12(15-8)14(5,6)7/h9-10H,8H2,1-7H3/b11-9+,12-10-. The highest BCUT2D eigenvalue weighted by Gasteiger charge is 2.16. The number of hydrogen-bond donors (Lipinski definition) is 0. The van der Waals surface area contributed by atoms with E-state index in [1.54, 1.807) is 0 Å². The number of rotatable bonds is 2. The van der Waals surface area contributed by atoms with Crippen molar-refractivity contribution in [2.75, 3.05) is 0 Å². The number of hydrogen-bond acceptors (Lipinski definition) is 1. The lowest BCUT2D eigenvalue weighted by atomic mass is 9.86. The molecule has 0 aliphatic rings. The molecule has 0 aromatic rings. The quantitative estimate of drug-likeness (QED) is 0.463. The van der Waals surface area contributed by atoms with E-state index in [1.165, 1.54) is 5.57 Å². The van der Waals surface area contributed by atoms with Crippen molar-refractivity contribution in [3.63, 3.8) is 0 Å². The zero-order chi connectivity index (χ0) is 12.3. The predicted molar refractivity (Wildman–Crippen MR) is 70.3 cm³/mol. The molecular formula is C14H25N. The molecule has 0 saturated heterocycles. The second-order valence-corrected chi connectivity index (χ2v) is 6.06. The first-order valence-electron chi connectivity index (χ1n) is 5.45. The third-order valence-corrected chi connectivity index (χ3v) is 2.61. The highest BCUT2D eigenvalue weighted by molar-refractivity contribution is 5.33. The highest BCUT2D eigenvalue weighted by atomic mass is 14.7. The van der Waals surface area contributed by atoms with Crippen LogP contribution in [0.2, 0.25) is 0 Å². The topological polar surface area (TPSA) is 12.4 Å². The maximum atomic E-state index is 4.08. The van der Waals surface area contributed by atoms with Gasteiger partial charge in [0.05, 0.1) is 0 Å². The van der Waals surface area contributed by atoms with Gasteiger partial charge in [0.1, 0.15) is 0 Å². The smallest absolute Gasteiger partial charge is 0.0449 e. The van der Waals surface area contributed by atoms with Crippen molar-refractivity contribution in [3.05, 3.63) is 23.4 Å². The summed E-state index contributed by atoms with van der Waals surface area (Å²) in [5.41, 5.74) is 2.68. The summed E-state index contributed by atoms with van der Waals surface area (Å²) in [6, 6.07) is 0. The Kier molecular flexibility index (Phi) is 4.51. The largest absolute Gasteiger partial charge is 0.269 e. The molecule has 0 fully saturated rings. The minimum Gasteiger partial charge on any atom is -0.269 e. The minimum absolute atomic E-state index is 0.0659. The molecule has 0 rings (SSSR count). The van der Waals surface area contributed by atoms with Crippen LogP contribution in [-0.4, -0.2) is 6.72 Å². The van der Waals surface area contributed by atoms with Crippen molar-refractivity contribution in [1.82, 2.24) is 0 Å². The van der Waals surface area contributed by atoms with Gasteiger partial charge in [0, 0.05) is 11.1 Å². The van der Waals surface area contributed by atoms with Crippen LogP contribution in [0, 0.1) is 10.8 Å². The molecule has 0 amide bonds. The lowest BCUT2D eigenvalue weighted by Gasteiger charge is -2.21. The number of aliphatic imine (C=N–C) groups is 1. The van der Waals surface area contributed by atoms with Crippen molar-refractivity contribution < 1.29 is 0 Å². The molecule has 15 heavy (non-hydrogen) atoms. The minimum atomic E-state index is 0.0659. The van der Waals surface area contributed by atoms with Crippen LogP contribution in [0.5, 0.6) is 0 Å². The van der Waals surface area contributed by atoms with Gasteiger partial charge in [-0.25, -0.2) is 0 Å². The molecule has 1 heteroatoms. The van der Waals surface area contributed by atoms with Crippen LogP contribution in [0.1, 0.15) is 48.5 Å². The van der Waals surface area contributed by atoms with Crippen molar-refractivity contribution in [3.8, 4) is 0 Å². The van der Waals surface area contributed by atoms with E-state index in [0.29, 0.717) is 0 Å². The molecule has 1 nitrogen and oxygen atoms in total. The maximum absolute atomic E-state index is 4.08. The first-order valence-corrected chi connectivity index (χ1v) is 5.45. The molecular weight excluding hydrogens is 182 g/mol. The first kappa shape index (κ1) is 14.2. The van der Waals surface area contributed by atoms with Gasteiger partial charge in [0.2, 0.25) is 0 Å². The monoisotopic (exact) mass is 207 g/mol. The lowest BCUT2D eigenvalue weighted by Crippen LogP contribution is -2.08. The van der Waals surface area contributed by atoms with Crippen LogP contribution in [0.15, 0.2) is 28.4 Å². The molecule has 0 aromatic heterocycles. The lowest BCUT2D eigenvalue weighted by molar-refractivity contribution is 0.495. The molecule has 0 saturated carbocycles. The van der Waals surface area contributed by atoms with Gasteiger partial charge >= 0.3 is 0 Å². The van der Waals surface area contributed by atoms with Gasteiger partial charge in [-0.2, -0.15) is 0 Å². The molecule has 0 N–H and O–H groups in total. The highest BCUT2D eigenvalue weighted by Crippen LogP contribution is 2.28. The zero-order valence-corrected chi connectivity index (χ0v) is 11.3. The van der Waals surface area contributed by atoms with E-state index in [9.17, 15) is 0 Å². The van der Waals surface area contributed by atoms with Gasteiger partial charge in [-0.15, -0.1) is 0 Å². The Morgan fingerprint density at radius 1 is 0.933 bits per heavy atom. The summed E-state index contributed by atoms with van der Waals surface area (Å²) in [5.74, 6) is 0. The summed E-state index contributed by atoms with van der Waals surface area (Å²) in [6.45, 7) is 18.9. The summed E-state index contributed by atoms with van der Waals surface area (Å²) in [4.78, 5) is 4.08. The summed E-state index contributed by atoms with van der Waals surface area (Å²) < 4.78 is 0. The van der Waals surface area contributed by atoms with Crippen LogP contribution >= 0.6 is 0 Å². The molecule has 0 spiro atoms. The summed E-state index contributed by atoms with van der Waals surface area (Å²) in [5, 5.41) is 0. The Morgan fingerprint density at radius 2 is 1.40 bits per heavy atom. The summed E-state index contributed by atoms with van der Waals surface area (Å²) >= 11 is 0. The van der Waals surface area contributed by atoms with Crippen LogP contribution in [0.3, 0.4) is 0 Å². The SMILES string of the molecule is C=N/C(=C\C=C(/C)C(C)(C)C)C(C)(C)C. The molecule has 0 bridgehead atoms. The number of nitrogens with zero attached hydrogens (tertiary/aromatic N) is 1. The first-order chi connectivity index (χ1) is 6.59.